The first kappa shape index (κ1) is 13.7. The van der Waals surface area contributed by atoms with E-state index in [-0.39, 0.29) is 0 Å². The van der Waals surface area contributed by atoms with Gasteiger partial charge in [-0.05, 0) is 50.4 Å². The maximum absolute atomic E-state index is 4.67. The quantitative estimate of drug-likeness (QED) is 0.801. The van der Waals surface area contributed by atoms with Crippen LogP contribution in [0, 0.1) is 24.7 Å². The highest BCUT2D eigenvalue weighted by molar-refractivity contribution is 5.57. The SMILES string of the molecule is CCc1nc(NC)c(C)c(NCC(C2CC2)C2CC2)n1. The molecule has 1 aromatic heterocycles. The summed E-state index contributed by atoms with van der Waals surface area (Å²) in [5.41, 5.74) is 1.13. The van der Waals surface area contributed by atoms with Gasteiger partial charge in [0.05, 0.1) is 0 Å². The highest BCUT2D eigenvalue weighted by Crippen LogP contribution is 2.49. The molecule has 2 aliphatic carbocycles. The summed E-state index contributed by atoms with van der Waals surface area (Å²) in [4.78, 5) is 9.20. The van der Waals surface area contributed by atoms with Gasteiger partial charge >= 0.3 is 0 Å². The van der Waals surface area contributed by atoms with Gasteiger partial charge in [-0.25, -0.2) is 9.97 Å². The molecule has 3 rings (SSSR count). The fraction of sp³-hybridized carbons (Fsp3) is 0.750. The molecule has 2 aliphatic rings. The van der Waals surface area contributed by atoms with Crippen molar-refractivity contribution in [2.24, 2.45) is 17.8 Å². The predicted molar refractivity (Wildman–Crippen MR) is 83.1 cm³/mol. The van der Waals surface area contributed by atoms with E-state index in [1.807, 2.05) is 7.05 Å². The summed E-state index contributed by atoms with van der Waals surface area (Å²) in [6.45, 7) is 5.28. The standard InChI is InChI=1S/C16H26N4/c1-4-14-19-15(17-3)10(2)16(20-14)18-9-13(11-5-6-11)12-7-8-12/h11-13H,4-9H2,1-3H3,(H2,17,18,19,20). The third kappa shape index (κ3) is 2.89. The Balaban J connectivity index is 1.72. The molecule has 2 fully saturated rings. The van der Waals surface area contributed by atoms with Crippen LogP contribution in [0.25, 0.3) is 0 Å². The molecular weight excluding hydrogens is 248 g/mol. The lowest BCUT2D eigenvalue weighted by Gasteiger charge is -2.19. The molecule has 0 aliphatic heterocycles. The highest BCUT2D eigenvalue weighted by Gasteiger charge is 2.41. The van der Waals surface area contributed by atoms with Gasteiger partial charge in [0.15, 0.2) is 0 Å². The van der Waals surface area contributed by atoms with Gasteiger partial charge in [0.2, 0.25) is 0 Å². The van der Waals surface area contributed by atoms with Crippen LogP contribution in [0.4, 0.5) is 11.6 Å². The molecule has 0 amide bonds. The molecule has 4 nitrogen and oxygen atoms in total. The van der Waals surface area contributed by atoms with Crippen molar-refractivity contribution in [3.8, 4) is 0 Å². The Labute approximate surface area is 121 Å². The Morgan fingerprint density at radius 3 is 2.20 bits per heavy atom. The van der Waals surface area contributed by atoms with E-state index in [0.717, 1.165) is 53.7 Å². The van der Waals surface area contributed by atoms with Crippen LogP contribution in [0.2, 0.25) is 0 Å². The van der Waals surface area contributed by atoms with E-state index >= 15 is 0 Å². The van der Waals surface area contributed by atoms with Crippen molar-refractivity contribution in [1.29, 1.82) is 0 Å². The van der Waals surface area contributed by atoms with Crippen LogP contribution in [0.5, 0.6) is 0 Å². The number of anilines is 2. The summed E-state index contributed by atoms with van der Waals surface area (Å²) in [5.74, 6) is 5.71. The van der Waals surface area contributed by atoms with E-state index in [1.54, 1.807) is 0 Å². The minimum absolute atomic E-state index is 0.868. The molecule has 2 N–H and O–H groups in total. The Hall–Kier alpha value is -1.32. The summed E-state index contributed by atoms with van der Waals surface area (Å²) >= 11 is 0. The van der Waals surface area contributed by atoms with Crippen molar-refractivity contribution in [3.05, 3.63) is 11.4 Å². The third-order valence-electron chi connectivity index (χ3n) is 4.71. The number of nitrogens with one attached hydrogen (secondary N) is 2. The first-order valence-corrected chi connectivity index (χ1v) is 8.02. The van der Waals surface area contributed by atoms with Gasteiger partial charge in [-0.15, -0.1) is 0 Å². The molecule has 0 radical (unpaired) electrons. The van der Waals surface area contributed by atoms with Gasteiger partial charge in [-0.2, -0.15) is 0 Å². The van der Waals surface area contributed by atoms with Crippen molar-refractivity contribution in [3.63, 3.8) is 0 Å². The number of aromatic nitrogens is 2. The van der Waals surface area contributed by atoms with Gasteiger partial charge in [-0.3, -0.25) is 0 Å². The molecule has 0 aromatic carbocycles. The summed E-state index contributed by atoms with van der Waals surface area (Å²) in [7, 11) is 1.93. The molecular formula is C16H26N4. The van der Waals surface area contributed by atoms with E-state index in [2.05, 4.69) is 34.4 Å². The van der Waals surface area contributed by atoms with Gasteiger partial charge < -0.3 is 10.6 Å². The van der Waals surface area contributed by atoms with Crippen LogP contribution < -0.4 is 10.6 Å². The fourth-order valence-electron chi connectivity index (χ4n) is 3.12. The van der Waals surface area contributed by atoms with Gasteiger partial charge in [0.1, 0.15) is 17.5 Å². The average Bonchev–Trinajstić information content (AvgIpc) is 3.34. The van der Waals surface area contributed by atoms with E-state index in [4.69, 9.17) is 0 Å². The van der Waals surface area contributed by atoms with Crippen LogP contribution in [-0.2, 0) is 6.42 Å². The van der Waals surface area contributed by atoms with Crippen molar-refractivity contribution < 1.29 is 0 Å². The van der Waals surface area contributed by atoms with Crippen LogP contribution in [0.1, 0.15) is 44.0 Å². The normalized spacial score (nSPS) is 18.4. The van der Waals surface area contributed by atoms with Crippen molar-refractivity contribution in [1.82, 2.24) is 9.97 Å². The van der Waals surface area contributed by atoms with Crippen molar-refractivity contribution in [2.75, 3.05) is 24.2 Å². The summed E-state index contributed by atoms with van der Waals surface area (Å²) in [6, 6.07) is 0. The zero-order valence-electron chi connectivity index (χ0n) is 12.9. The summed E-state index contributed by atoms with van der Waals surface area (Å²) in [5, 5.41) is 6.79. The average molecular weight is 274 g/mol. The lowest BCUT2D eigenvalue weighted by Crippen LogP contribution is -2.20. The first-order valence-electron chi connectivity index (χ1n) is 8.02. The molecule has 110 valence electrons. The molecule has 0 atom stereocenters. The Morgan fingerprint density at radius 2 is 1.70 bits per heavy atom. The molecule has 0 bridgehead atoms. The molecule has 4 heteroatoms. The maximum atomic E-state index is 4.67. The Kier molecular flexibility index (Phi) is 3.81. The van der Waals surface area contributed by atoms with Crippen LogP contribution >= 0.6 is 0 Å². The van der Waals surface area contributed by atoms with Crippen molar-refractivity contribution in [2.45, 2.75) is 46.0 Å². The lowest BCUT2D eigenvalue weighted by atomic mass is 9.98. The summed E-state index contributed by atoms with van der Waals surface area (Å²) in [6.07, 6.45) is 6.63. The fourth-order valence-corrected chi connectivity index (χ4v) is 3.12. The molecule has 0 unspecified atom stereocenters. The Bertz CT molecular complexity index is 466. The van der Waals surface area contributed by atoms with Gasteiger partial charge in [0, 0.05) is 25.6 Å². The molecule has 2 saturated carbocycles. The van der Waals surface area contributed by atoms with Crippen LogP contribution in [-0.4, -0.2) is 23.6 Å². The topological polar surface area (TPSA) is 49.8 Å². The lowest BCUT2D eigenvalue weighted by molar-refractivity contribution is 0.427. The smallest absolute Gasteiger partial charge is 0.134 e. The summed E-state index contributed by atoms with van der Waals surface area (Å²) < 4.78 is 0. The number of nitrogens with zero attached hydrogens (tertiary/aromatic N) is 2. The molecule has 20 heavy (non-hydrogen) atoms. The van der Waals surface area contributed by atoms with E-state index in [0.29, 0.717) is 0 Å². The second-order valence-electron chi connectivity index (χ2n) is 6.29. The van der Waals surface area contributed by atoms with Gasteiger partial charge in [-0.1, -0.05) is 6.92 Å². The minimum atomic E-state index is 0.868. The third-order valence-corrected chi connectivity index (χ3v) is 4.71. The highest BCUT2D eigenvalue weighted by atomic mass is 15.1. The Morgan fingerprint density at radius 1 is 1.10 bits per heavy atom. The molecule has 1 heterocycles. The number of hydrogen-bond acceptors (Lipinski definition) is 4. The van der Waals surface area contributed by atoms with Gasteiger partial charge in [0.25, 0.3) is 0 Å². The molecule has 1 aromatic rings. The van der Waals surface area contributed by atoms with E-state index in [1.165, 1.54) is 25.7 Å². The van der Waals surface area contributed by atoms with E-state index < -0.39 is 0 Å². The maximum Gasteiger partial charge on any atom is 0.134 e. The number of hydrogen-bond donors (Lipinski definition) is 2. The monoisotopic (exact) mass is 274 g/mol. The van der Waals surface area contributed by atoms with Crippen molar-refractivity contribution >= 4 is 11.6 Å². The zero-order chi connectivity index (χ0) is 14.1. The largest absolute Gasteiger partial charge is 0.373 e. The predicted octanol–water partition coefficient (Wildman–Crippen LogP) is 3.24. The minimum Gasteiger partial charge on any atom is -0.373 e. The van der Waals surface area contributed by atoms with E-state index in [9.17, 15) is 0 Å². The number of aryl methyl sites for hydroxylation is 1. The second-order valence-corrected chi connectivity index (χ2v) is 6.29. The molecule has 0 saturated heterocycles. The number of rotatable bonds is 7. The first-order chi connectivity index (χ1) is 9.72. The zero-order valence-corrected chi connectivity index (χ0v) is 12.9. The molecule has 0 spiro atoms. The van der Waals surface area contributed by atoms with Crippen LogP contribution in [0.15, 0.2) is 0 Å². The second kappa shape index (κ2) is 5.58. The van der Waals surface area contributed by atoms with Crippen LogP contribution in [0.3, 0.4) is 0 Å².